The Bertz CT molecular complexity index is 803. The first-order valence-electron chi connectivity index (χ1n) is 10.6. The smallest absolute Gasteiger partial charge is 0.329 e. The molecule has 1 saturated heterocycles. The highest BCUT2D eigenvalue weighted by Gasteiger charge is 2.38. The van der Waals surface area contributed by atoms with Crippen LogP contribution in [0.3, 0.4) is 0 Å². The zero-order chi connectivity index (χ0) is 23.2. The van der Waals surface area contributed by atoms with Gasteiger partial charge in [0.2, 0.25) is 17.7 Å². The maximum Gasteiger partial charge on any atom is 0.329 e. The van der Waals surface area contributed by atoms with Gasteiger partial charge in [0, 0.05) is 19.9 Å². The van der Waals surface area contributed by atoms with E-state index >= 15 is 0 Å². The lowest BCUT2D eigenvalue weighted by molar-refractivity contribution is -0.159. The van der Waals surface area contributed by atoms with Gasteiger partial charge >= 0.3 is 5.97 Å². The summed E-state index contributed by atoms with van der Waals surface area (Å²) < 4.78 is 5.51. The lowest BCUT2D eigenvalue weighted by atomic mass is 10.0. The van der Waals surface area contributed by atoms with E-state index in [9.17, 15) is 19.2 Å². The highest BCUT2D eigenvalue weighted by Crippen LogP contribution is 2.20. The quantitative estimate of drug-likeness (QED) is 0.638. The van der Waals surface area contributed by atoms with Gasteiger partial charge in [0.05, 0.1) is 0 Å². The number of nitrogens with zero attached hydrogens (tertiary/aromatic N) is 1. The zero-order valence-electron chi connectivity index (χ0n) is 18.9. The summed E-state index contributed by atoms with van der Waals surface area (Å²) >= 11 is 0. The molecule has 0 bridgehead atoms. The molecule has 1 aromatic rings. The Kier molecular flexibility index (Phi) is 8.19. The van der Waals surface area contributed by atoms with Crippen LogP contribution >= 0.6 is 0 Å². The summed E-state index contributed by atoms with van der Waals surface area (Å²) in [5.41, 5.74) is 0.192. The molecule has 0 unspecified atom stereocenters. The molecular formula is C23H33N3O5. The SMILES string of the molecule is CC(=O)N[C@@H](C)C(=O)N1CCC[C@H]1C(=O)N[C@@H](Cc1ccccc1)C(=O)OC(C)(C)C. The van der Waals surface area contributed by atoms with E-state index in [4.69, 9.17) is 4.74 Å². The van der Waals surface area contributed by atoms with E-state index < -0.39 is 35.6 Å². The summed E-state index contributed by atoms with van der Waals surface area (Å²) in [6.07, 6.45) is 1.45. The molecule has 1 fully saturated rings. The zero-order valence-corrected chi connectivity index (χ0v) is 18.9. The van der Waals surface area contributed by atoms with Gasteiger partial charge in [-0.15, -0.1) is 0 Å². The van der Waals surface area contributed by atoms with E-state index in [-0.39, 0.29) is 18.2 Å². The second kappa shape index (κ2) is 10.4. The summed E-state index contributed by atoms with van der Waals surface area (Å²) in [7, 11) is 0. The topological polar surface area (TPSA) is 105 Å². The maximum atomic E-state index is 13.1. The minimum atomic E-state index is -0.876. The van der Waals surface area contributed by atoms with Crippen molar-refractivity contribution in [1.82, 2.24) is 15.5 Å². The lowest BCUT2D eigenvalue weighted by Gasteiger charge is -2.29. The fourth-order valence-corrected chi connectivity index (χ4v) is 3.60. The summed E-state index contributed by atoms with van der Waals surface area (Å²) in [5.74, 6) is -1.54. The normalized spacial score (nSPS) is 18.1. The van der Waals surface area contributed by atoms with E-state index in [1.54, 1.807) is 27.7 Å². The second-order valence-electron chi connectivity index (χ2n) is 8.90. The van der Waals surface area contributed by atoms with Crippen molar-refractivity contribution in [3.8, 4) is 0 Å². The number of likely N-dealkylation sites (tertiary alicyclic amines) is 1. The molecular weight excluding hydrogens is 398 g/mol. The van der Waals surface area contributed by atoms with Crippen molar-refractivity contribution in [1.29, 1.82) is 0 Å². The third-order valence-corrected chi connectivity index (χ3v) is 4.92. The van der Waals surface area contributed by atoms with Crippen LogP contribution in [0, 0.1) is 0 Å². The molecule has 0 aromatic heterocycles. The molecule has 31 heavy (non-hydrogen) atoms. The van der Waals surface area contributed by atoms with Crippen molar-refractivity contribution in [3.63, 3.8) is 0 Å². The summed E-state index contributed by atoms with van der Waals surface area (Å²) in [4.78, 5) is 51.4. The molecule has 8 heteroatoms. The molecule has 0 spiro atoms. The van der Waals surface area contributed by atoms with Gasteiger partial charge in [-0.25, -0.2) is 4.79 Å². The Hall–Kier alpha value is -2.90. The highest BCUT2D eigenvalue weighted by atomic mass is 16.6. The molecule has 1 aromatic carbocycles. The molecule has 0 radical (unpaired) electrons. The van der Waals surface area contributed by atoms with Gasteiger partial charge < -0.3 is 20.3 Å². The predicted octanol–water partition coefficient (Wildman–Crippen LogP) is 1.57. The van der Waals surface area contributed by atoms with E-state index in [0.717, 1.165) is 5.56 Å². The van der Waals surface area contributed by atoms with Crippen molar-refractivity contribution in [2.24, 2.45) is 0 Å². The molecule has 2 N–H and O–H groups in total. The van der Waals surface area contributed by atoms with Crippen molar-refractivity contribution in [2.75, 3.05) is 6.54 Å². The number of esters is 1. The third-order valence-electron chi connectivity index (χ3n) is 4.92. The van der Waals surface area contributed by atoms with Gasteiger partial charge in [-0.3, -0.25) is 14.4 Å². The summed E-state index contributed by atoms with van der Waals surface area (Å²) in [6.45, 7) is 8.67. The number of hydrogen-bond donors (Lipinski definition) is 2. The number of carbonyl (C=O) groups is 4. The number of rotatable bonds is 7. The van der Waals surface area contributed by atoms with Crippen LogP contribution in [0.25, 0.3) is 0 Å². The van der Waals surface area contributed by atoms with E-state index in [0.29, 0.717) is 19.4 Å². The van der Waals surface area contributed by atoms with Crippen molar-refractivity contribution < 1.29 is 23.9 Å². The average Bonchev–Trinajstić information content (AvgIpc) is 3.15. The molecule has 1 aliphatic rings. The fourth-order valence-electron chi connectivity index (χ4n) is 3.60. The predicted molar refractivity (Wildman–Crippen MR) is 116 cm³/mol. The summed E-state index contributed by atoms with van der Waals surface area (Å²) in [5, 5.41) is 5.36. The van der Waals surface area contributed by atoms with Gasteiger partial charge in [0.25, 0.3) is 0 Å². The number of amides is 3. The first-order chi connectivity index (χ1) is 14.5. The minimum absolute atomic E-state index is 0.282. The molecule has 1 aliphatic heterocycles. The molecule has 1 heterocycles. The van der Waals surface area contributed by atoms with Crippen molar-refractivity contribution >= 4 is 23.7 Å². The molecule has 0 aliphatic carbocycles. The number of ether oxygens (including phenoxy) is 1. The Morgan fingerprint density at radius 1 is 1.13 bits per heavy atom. The number of carbonyl (C=O) groups excluding carboxylic acids is 4. The van der Waals surface area contributed by atoms with Gasteiger partial charge in [0.15, 0.2) is 0 Å². The van der Waals surface area contributed by atoms with Crippen molar-refractivity contribution in [2.45, 2.75) is 77.6 Å². The molecule has 3 atom stereocenters. The average molecular weight is 432 g/mol. The first kappa shape index (κ1) is 24.4. The van der Waals surface area contributed by atoms with Crippen LogP contribution in [0.4, 0.5) is 0 Å². The van der Waals surface area contributed by atoms with Gasteiger partial charge in [-0.1, -0.05) is 30.3 Å². The first-order valence-corrected chi connectivity index (χ1v) is 10.6. The maximum absolute atomic E-state index is 13.1. The summed E-state index contributed by atoms with van der Waals surface area (Å²) in [6, 6.07) is 7.08. The molecule has 3 amide bonds. The lowest BCUT2D eigenvalue weighted by Crippen LogP contribution is -2.55. The van der Waals surface area contributed by atoms with Crippen molar-refractivity contribution in [3.05, 3.63) is 35.9 Å². The van der Waals surface area contributed by atoms with Crippen LogP contribution < -0.4 is 10.6 Å². The van der Waals surface area contributed by atoms with Crippen LogP contribution in [0.15, 0.2) is 30.3 Å². The Balaban J connectivity index is 2.14. The second-order valence-corrected chi connectivity index (χ2v) is 8.90. The number of nitrogens with one attached hydrogen (secondary N) is 2. The van der Waals surface area contributed by atoms with Crippen LogP contribution in [0.2, 0.25) is 0 Å². The Morgan fingerprint density at radius 3 is 2.35 bits per heavy atom. The Labute approximate surface area is 183 Å². The third kappa shape index (κ3) is 7.38. The number of hydrogen-bond acceptors (Lipinski definition) is 5. The van der Waals surface area contributed by atoms with Crippen LogP contribution in [-0.4, -0.2) is 58.9 Å². The van der Waals surface area contributed by atoms with Crippen LogP contribution in [0.5, 0.6) is 0 Å². The van der Waals surface area contributed by atoms with Crippen LogP contribution in [-0.2, 0) is 30.3 Å². The largest absolute Gasteiger partial charge is 0.458 e. The molecule has 170 valence electrons. The standard InChI is InChI=1S/C23H33N3O5/c1-15(24-16(2)27)21(29)26-13-9-12-19(26)20(28)25-18(22(30)31-23(3,4)5)14-17-10-7-6-8-11-17/h6-8,10-11,15,18-19H,9,12-14H2,1-5H3,(H,24,27)(H,25,28)/t15-,18-,19-/m0/s1. The van der Waals surface area contributed by atoms with Gasteiger partial charge in [-0.2, -0.15) is 0 Å². The van der Waals surface area contributed by atoms with Crippen LogP contribution in [0.1, 0.15) is 53.0 Å². The van der Waals surface area contributed by atoms with E-state index in [1.165, 1.54) is 11.8 Å². The van der Waals surface area contributed by atoms with Gasteiger partial charge in [0.1, 0.15) is 23.7 Å². The molecule has 0 saturated carbocycles. The number of benzene rings is 1. The van der Waals surface area contributed by atoms with E-state index in [2.05, 4.69) is 10.6 Å². The van der Waals surface area contributed by atoms with Gasteiger partial charge in [-0.05, 0) is 46.1 Å². The van der Waals surface area contributed by atoms with E-state index in [1.807, 2.05) is 30.3 Å². The monoisotopic (exact) mass is 431 g/mol. The Morgan fingerprint density at radius 2 is 1.77 bits per heavy atom. The minimum Gasteiger partial charge on any atom is -0.458 e. The molecule has 2 rings (SSSR count). The fraction of sp³-hybridized carbons (Fsp3) is 0.565. The highest BCUT2D eigenvalue weighted by molar-refractivity contribution is 5.93. The molecule has 8 nitrogen and oxygen atoms in total.